The summed E-state index contributed by atoms with van der Waals surface area (Å²) in [4.78, 5) is 188. The van der Waals surface area contributed by atoms with E-state index in [-0.39, 0.29) is 49.9 Å². The van der Waals surface area contributed by atoms with Gasteiger partial charge in [0.25, 0.3) is 0 Å². The molecule has 2 aliphatic heterocycles. The van der Waals surface area contributed by atoms with Crippen LogP contribution in [0, 0.1) is 27.2 Å². The lowest BCUT2D eigenvalue weighted by atomic mass is 9.84. The SMILES string of the molecule is CC[C@H](C)[C@@H]1NC(=O)[C@H](CC(C)C)N(C)C(=O)C[C@@H](C(=O)N2CCCCC2)N(C)C(=O)[C@H](CC(C)C)NC(=O)C(C)(C)N(C)C(=O)[C@H](Cc2ccc(OC)cc2)NC(=O)[C@H](Cc2cccc(I)c2)NC(=O)CN(C)C(=O)[C@H](CC2CCCCC2)N(C)C(=O)CN(C)C(=O)CN(C)C1=O. The number of carbonyl (C=O) groups excluding carboxylic acids is 12. The second kappa shape index (κ2) is 37.7. The largest absolute Gasteiger partial charge is 0.497 e. The van der Waals surface area contributed by atoms with Gasteiger partial charge >= 0.3 is 0 Å². The highest BCUT2D eigenvalue weighted by Gasteiger charge is 2.44. The van der Waals surface area contributed by atoms with Crippen LogP contribution in [0.25, 0.3) is 0 Å². The Bertz CT molecular complexity index is 3120. The van der Waals surface area contributed by atoms with Crippen LogP contribution in [0.2, 0.25) is 0 Å². The van der Waals surface area contributed by atoms with Crippen LogP contribution in [-0.2, 0) is 70.4 Å². The second-order valence-corrected chi connectivity index (χ2v) is 29.9. The summed E-state index contributed by atoms with van der Waals surface area (Å²) < 4.78 is 6.26. The number of halogens is 1. The number of rotatable bonds is 14. The van der Waals surface area contributed by atoms with Gasteiger partial charge in [0, 0.05) is 78.8 Å². The molecule has 98 heavy (non-hydrogen) atoms. The van der Waals surface area contributed by atoms with E-state index in [4.69, 9.17) is 4.74 Å². The maximum atomic E-state index is 15.3. The van der Waals surface area contributed by atoms with E-state index >= 15 is 19.2 Å². The van der Waals surface area contributed by atoms with Gasteiger partial charge in [0.15, 0.2) is 0 Å². The van der Waals surface area contributed by atoms with Crippen molar-refractivity contribution in [3.05, 3.63) is 63.2 Å². The lowest BCUT2D eigenvalue weighted by Crippen LogP contribution is -2.64. The standard InChI is InChI=1S/C72H111IN12O13/c1-17-47(6)63-70(96)80(11)43-61(88)78(9)44-62(89)82(13)57(40-48-25-20-18-21-26-48)68(94)79(10)42-59(86)74-53(39-50-27-24-28-51(73)37-50)64(90)75-55(38-49-29-31-52(98-16)32-30-49)67(93)84(15)72(7,8)71(97)76-54(35-45(2)3)66(92)83(14)58(69(95)85-33-22-19-23-34-85)41-60(87)81(12)56(36-46(4)5)65(91)77-63/h24,27-32,37,45-48,53-58,63H,17-23,25-26,33-36,38-44H2,1-16H3,(H,74,86)(H,75,90)(H,76,97)(H,77,91)/t47-,53-,54-,55-,56-,57-,58-,63-/m0/s1. The summed E-state index contributed by atoms with van der Waals surface area (Å²) in [6.45, 7) is 13.3. The van der Waals surface area contributed by atoms with Crippen molar-refractivity contribution in [3.63, 3.8) is 0 Å². The molecule has 1 aliphatic carbocycles. The quantitative estimate of drug-likeness (QED) is 0.188. The van der Waals surface area contributed by atoms with Crippen molar-refractivity contribution in [2.45, 2.75) is 200 Å². The summed E-state index contributed by atoms with van der Waals surface area (Å²) in [7, 11) is 11.5. The molecule has 12 amide bonds. The Kier molecular flexibility index (Phi) is 31.3. The van der Waals surface area contributed by atoms with Crippen molar-refractivity contribution in [1.29, 1.82) is 0 Å². The Morgan fingerprint density at radius 1 is 0.582 bits per heavy atom. The van der Waals surface area contributed by atoms with Crippen molar-refractivity contribution >= 4 is 93.5 Å². The molecule has 8 atom stereocenters. The molecule has 2 heterocycles. The Morgan fingerprint density at radius 3 is 1.76 bits per heavy atom. The average Bonchev–Trinajstić information content (AvgIpc) is 0.809. The van der Waals surface area contributed by atoms with Crippen molar-refractivity contribution in [2.75, 3.05) is 89.2 Å². The number of nitrogens with one attached hydrogen (secondary N) is 4. The fourth-order valence-corrected chi connectivity index (χ4v) is 13.5. The molecule has 2 aromatic carbocycles. The van der Waals surface area contributed by atoms with Crippen molar-refractivity contribution in [1.82, 2.24) is 60.5 Å². The predicted octanol–water partition coefficient (Wildman–Crippen LogP) is 4.64. The summed E-state index contributed by atoms with van der Waals surface area (Å²) in [5.41, 5.74) is -0.493. The molecule has 3 fully saturated rings. The number of likely N-dealkylation sites (tertiary alicyclic amines) is 1. The van der Waals surface area contributed by atoms with Gasteiger partial charge in [0.05, 0.1) is 33.2 Å². The van der Waals surface area contributed by atoms with Crippen LogP contribution in [0.5, 0.6) is 5.75 Å². The van der Waals surface area contributed by atoms with E-state index in [9.17, 15) is 38.4 Å². The number of hydrogen-bond donors (Lipinski definition) is 4. The monoisotopic (exact) mass is 1480 g/mol. The first-order chi connectivity index (χ1) is 46.1. The van der Waals surface area contributed by atoms with Gasteiger partial charge in [-0.05, 0) is 134 Å². The lowest BCUT2D eigenvalue weighted by Gasteiger charge is -2.39. The van der Waals surface area contributed by atoms with Gasteiger partial charge < -0.3 is 65.2 Å². The molecule has 26 heteroatoms. The zero-order valence-electron chi connectivity index (χ0n) is 60.9. The van der Waals surface area contributed by atoms with Crippen LogP contribution in [0.1, 0.15) is 150 Å². The van der Waals surface area contributed by atoms with Gasteiger partial charge in [0.2, 0.25) is 70.9 Å². The minimum absolute atomic E-state index is 0.0558. The van der Waals surface area contributed by atoms with E-state index in [1.54, 1.807) is 48.2 Å². The minimum atomic E-state index is -1.75. The topological polar surface area (TPSA) is 288 Å². The average molecular weight is 1480 g/mol. The molecule has 4 N–H and O–H groups in total. The highest BCUT2D eigenvalue weighted by molar-refractivity contribution is 14.1. The molecule has 5 rings (SSSR count). The number of ether oxygens (including phenoxy) is 1. The number of amides is 12. The van der Waals surface area contributed by atoms with E-state index < -0.39 is 151 Å². The Morgan fingerprint density at radius 2 is 1.16 bits per heavy atom. The van der Waals surface area contributed by atoms with Gasteiger partial charge in [-0.25, -0.2) is 0 Å². The van der Waals surface area contributed by atoms with Crippen LogP contribution < -0.4 is 26.0 Å². The first-order valence-electron chi connectivity index (χ1n) is 34.8. The van der Waals surface area contributed by atoms with Gasteiger partial charge in [-0.15, -0.1) is 0 Å². The lowest BCUT2D eigenvalue weighted by molar-refractivity contribution is -0.152. The highest BCUT2D eigenvalue weighted by atomic mass is 127. The molecular weight excluding hydrogens is 1370 g/mol. The number of hydrogen-bond acceptors (Lipinski definition) is 13. The first kappa shape index (κ1) is 81.3. The second-order valence-electron chi connectivity index (χ2n) is 28.7. The minimum Gasteiger partial charge on any atom is -0.497 e. The van der Waals surface area contributed by atoms with Crippen LogP contribution in [0.4, 0.5) is 0 Å². The highest BCUT2D eigenvalue weighted by Crippen LogP contribution is 2.30. The van der Waals surface area contributed by atoms with E-state index in [0.717, 1.165) is 47.0 Å². The zero-order chi connectivity index (χ0) is 73.0. The Labute approximate surface area is 594 Å². The van der Waals surface area contributed by atoms with Crippen LogP contribution in [0.15, 0.2) is 48.5 Å². The summed E-state index contributed by atoms with van der Waals surface area (Å²) in [6.07, 6.45) is 6.96. The molecule has 0 bridgehead atoms. The number of benzene rings is 2. The smallest absolute Gasteiger partial charge is 0.246 e. The maximum absolute atomic E-state index is 15.3. The summed E-state index contributed by atoms with van der Waals surface area (Å²) in [5, 5.41) is 11.6. The molecule has 1 saturated carbocycles. The van der Waals surface area contributed by atoms with Gasteiger partial charge in [-0.3, -0.25) is 57.5 Å². The molecule has 544 valence electrons. The molecule has 2 aromatic rings. The van der Waals surface area contributed by atoms with Crippen molar-refractivity contribution in [2.24, 2.45) is 23.7 Å². The molecular formula is C72H111IN12O13. The molecule has 3 aliphatic rings. The molecule has 0 unspecified atom stereocenters. The molecule has 25 nitrogen and oxygen atoms in total. The van der Waals surface area contributed by atoms with Crippen molar-refractivity contribution < 1.29 is 62.3 Å². The van der Waals surface area contributed by atoms with E-state index in [2.05, 4.69) is 43.9 Å². The first-order valence-corrected chi connectivity index (χ1v) is 35.8. The van der Waals surface area contributed by atoms with E-state index in [1.165, 1.54) is 99.7 Å². The van der Waals surface area contributed by atoms with E-state index in [0.29, 0.717) is 49.2 Å². The molecule has 0 radical (unpaired) electrons. The fraction of sp³-hybridized carbons (Fsp3) is 0.667. The summed E-state index contributed by atoms with van der Waals surface area (Å²) in [5.74, 6) is -8.11. The number of piperidine rings is 1. The van der Waals surface area contributed by atoms with Gasteiger partial charge in [0.1, 0.15) is 53.6 Å². The maximum Gasteiger partial charge on any atom is 0.246 e. The molecule has 2 saturated heterocycles. The third kappa shape index (κ3) is 22.8. The van der Waals surface area contributed by atoms with Gasteiger partial charge in [-0.1, -0.05) is 104 Å². The third-order valence-electron chi connectivity index (χ3n) is 19.7. The van der Waals surface area contributed by atoms with Gasteiger partial charge in [-0.2, -0.15) is 0 Å². The number of methoxy groups -OCH3 is 1. The number of nitrogens with zero attached hydrogens (tertiary/aromatic N) is 8. The number of likely N-dealkylation sites (N-methyl/N-ethyl adjacent to an activating group) is 7. The Balaban J connectivity index is 1.64. The van der Waals surface area contributed by atoms with Crippen LogP contribution in [0.3, 0.4) is 0 Å². The van der Waals surface area contributed by atoms with Crippen LogP contribution in [-0.4, -0.2) is 247 Å². The predicted molar refractivity (Wildman–Crippen MR) is 381 cm³/mol. The molecule has 0 aromatic heterocycles. The normalized spacial score (nSPS) is 24.6. The fourth-order valence-electron chi connectivity index (χ4n) is 12.9. The summed E-state index contributed by atoms with van der Waals surface area (Å²) in [6, 6.07) is 5.28. The zero-order valence-corrected chi connectivity index (χ0v) is 63.0. The van der Waals surface area contributed by atoms with E-state index in [1.807, 2.05) is 46.8 Å². The van der Waals surface area contributed by atoms with Crippen molar-refractivity contribution in [3.8, 4) is 5.75 Å². The molecule has 0 spiro atoms. The summed E-state index contributed by atoms with van der Waals surface area (Å²) >= 11 is 2.14. The third-order valence-corrected chi connectivity index (χ3v) is 20.4. The Hall–Kier alpha value is -7.39. The number of carbonyl (C=O) groups is 12. The van der Waals surface area contributed by atoms with Crippen LogP contribution >= 0.6 is 22.6 Å².